The summed E-state index contributed by atoms with van der Waals surface area (Å²) in [6.45, 7) is 4.11. The fourth-order valence-electron chi connectivity index (χ4n) is 1.49. The Labute approximate surface area is 114 Å². The quantitative estimate of drug-likeness (QED) is 0.391. The van der Waals surface area contributed by atoms with Crippen LogP contribution in [-0.2, 0) is 0 Å². The number of nitrogens with zero attached hydrogens (tertiary/aromatic N) is 1. The van der Waals surface area contributed by atoms with Crippen LogP contribution in [0, 0.1) is 0 Å². The van der Waals surface area contributed by atoms with Gasteiger partial charge in [-0.25, -0.2) is 0 Å². The lowest BCUT2D eigenvalue weighted by molar-refractivity contribution is 0.0953. The molecule has 0 unspecified atom stereocenters. The number of nitrogens with one attached hydrogen (secondary N) is 2. The van der Waals surface area contributed by atoms with E-state index in [-0.39, 0.29) is 5.91 Å². The minimum atomic E-state index is -0.0479. The number of rotatable bonds is 7. The molecule has 1 amide bonds. The van der Waals surface area contributed by atoms with E-state index in [1.54, 1.807) is 12.1 Å². The second-order valence-electron chi connectivity index (χ2n) is 4.17. The van der Waals surface area contributed by atoms with E-state index < -0.39 is 0 Å². The van der Waals surface area contributed by atoms with Crippen molar-refractivity contribution in [2.24, 2.45) is 10.7 Å². The van der Waals surface area contributed by atoms with Gasteiger partial charge in [-0.15, -0.1) is 0 Å². The van der Waals surface area contributed by atoms with E-state index in [4.69, 9.17) is 5.73 Å². The Balaban J connectivity index is 2.13. The van der Waals surface area contributed by atoms with Crippen molar-refractivity contribution in [2.45, 2.75) is 19.8 Å². The molecule has 0 bridgehead atoms. The van der Waals surface area contributed by atoms with Crippen LogP contribution < -0.4 is 16.4 Å². The van der Waals surface area contributed by atoms with Gasteiger partial charge in [0, 0.05) is 25.2 Å². The Morgan fingerprint density at radius 2 is 1.89 bits per heavy atom. The minimum Gasteiger partial charge on any atom is -0.370 e. The molecule has 0 aromatic heterocycles. The molecule has 0 saturated carbocycles. The lowest BCUT2D eigenvalue weighted by Gasteiger charge is -2.07. The summed E-state index contributed by atoms with van der Waals surface area (Å²) in [4.78, 5) is 15.8. The molecule has 1 aromatic rings. The van der Waals surface area contributed by atoms with Gasteiger partial charge in [0.25, 0.3) is 5.91 Å². The molecule has 0 atom stereocenters. The fraction of sp³-hybridized carbons (Fsp3) is 0.429. The Hall–Kier alpha value is -2.04. The van der Waals surface area contributed by atoms with Crippen molar-refractivity contribution >= 4 is 11.9 Å². The van der Waals surface area contributed by atoms with Crippen LogP contribution in [0.1, 0.15) is 30.1 Å². The largest absolute Gasteiger partial charge is 0.370 e. The summed E-state index contributed by atoms with van der Waals surface area (Å²) in [7, 11) is 0. The maximum atomic E-state index is 11.7. The third kappa shape index (κ3) is 6.45. The zero-order valence-corrected chi connectivity index (χ0v) is 11.4. The maximum absolute atomic E-state index is 11.7. The summed E-state index contributed by atoms with van der Waals surface area (Å²) in [5.74, 6) is 0.421. The average Bonchev–Trinajstić information content (AvgIpc) is 2.45. The molecule has 5 heteroatoms. The Morgan fingerprint density at radius 1 is 1.21 bits per heavy atom. The molecule has 19 heavy (non-hydrogen) atoms. The topological polar surface area (TPSA) is 79.5 Å². The van der Waals surface area contributed by atoms with Crippen molar-refractivity contribution in [3.63, 3.8) is 0 Å². The van der Waals surface area contributed by atoms with Gasteiger partial charge in [0.1, 0.15) is 0 Å². The first kappa shape index (κ1) is 15.0. The molecular weight excluding hydrogens is 240 g/mol. The first-order chi connectivity index (χ1) is 9.24. The predicted molar refractivity (Wildman–Crippen MR) is 78.2 cm³/mol. The zero-order chi connectivity index (χ0) is 13.9. The highest BCUT2D eigenvalue weighted by atomic mass is 16.1. The Kier molecular flexibility index (Phi) is 7.09. The van der Waals surface area contributed by atoms with E-state index in [2.05, 4.69) is 22.5 Å². The molecule has 0 fully saturated rings. The van der Waals surface area contributed by atoms with E-state index in [0.29, 0.717) is 24.6 Å². The number of nitrogens with two attached hydrogens (primary N) is 1. The standard InChI is InChI=1S/C14H22N4O/c1-2-9-17-14(15)18-11-6-10-16-13(19)12-7-4-3-5-8-12/h3-5,7-8H,2,6,9-11H2,1H3,(H,16,19)(H3,15,17,18). The molecule has 104 valence electrons. The molecular formula is C14H22N4O. The Bertz CT molecular complexity index is 403. The number of benzene rings is 1. The zero-order valence-electron chi connectivity index (χ0n) is 11.4. The van der Waals surface area contributed by atoms with Gasteiger partial charge in [-0.05, 0) is 25.0 Å². The number of amides is 1. The van der Waals surface area contributed by atoms with E-state index in [1.165, 1.54) is 0 Å². The monoisotopic (exact) mass is 262 g/mol. The van der Waals surface area contributed by atoms with Gasteiger partial charge < -0.3 is 16.4 Å². The molecule has 0 aliphatic heterocycles. The summed E-state index contributed by atoms with van der Waals surface area (Å²) >= 11 is 0. The highest BCUT2D eigenvalue weighted by Gasteiger charge is 2.02. The summed E-state index contributed by atoms with van der Waals surface area (Å²) in [5, 5.41) is 5.86. The number of guanidine groups is 1. The summed E-state index contributed by atoms with van der Waals surface area (Å²) in [6.07, 6.45) is 1.79. The summed E-state index contributed by atoms with van der Waals surface area (Å²) in [5.41, 5.74) is 6.32. The number of hydrogen-bond acceptors (Lipinski definition) is 2. The average molecular weight is 262 g/mol. The molecule has 0 spiro atoms. The van der Waals surface area contributed by atoms with Gasteiger partial charge in [-0.1, -0.05) is 25.1 Å². The fourth-order valence-corrected chi connectivity index (χ4v) is 1.49. The molecule has 1 aromatic carbocycles. The molecule has 5 nitrogen and oxygen atoms in total. The number of carbonyl (C=O) groups is 1. The summed E-state index contributed by atoms with van der Waals surface area (Å²) in [6, 6.07) is 9.17. The highest BCUT2D eigenvalue weighted by molar-refractivity contribution is 5.94. The van der Waals surface area contributed by atoms with Crippen molar-refractivity contribution in [1.82, 2.24) is 10.6 Å². The van der Waals surface area contributed by atoms with Gasteiger partial charge in [0.05, 0.1) is 0 Å². The Morgan fingerprint density at radius 3 is 2.58 bits per heavy atom. The van der Waals surface area contributed by atoms with Gasteiger partial charge in [0.15, 0.2) is 5.96 Å². The lowest BCUT2D eigenvalue weighted by Crippen LogP contribution is -2.34. The van der Waals surface area contributed by atoms with Gasteiger partial charge in [-0.3, -0.25) is 9.79 Å². The maximum Gasteiger partial charge on any atom is 0.251 e. The van der Waals surface area contributed by atoms with E-state index in [1.807, 2.05) is 18.2 Å². The van der Waals surface area contributed by atoms with E-state index in [9.17, 15) is 4.79 Å². The SMILES string of the molecule is CCCN=C(N)NCCCNC(=O)c1ccccc1. The van der Waals surface area contributed by atoms with Crippen LogP contribution in [0.25, 0.3) is 0 Å². The second kappa shape index (κ2) is 8.97. The van der Waals surface area contributed by atoms with Crippen molar-refractivity contribution in [3.05, 3.63) is 35.9 Å². The van der Waals surface area contributed by atoms with Crippen LogP contribution in [0.3, 0.4) is 0 Å². The van der Waals surface area contributed by atoms with Crippen molar-refractivity contribution < 1.29 is 4.79 Å². The van der Waals surface area contributed by atoms with Gasteiger partial charge in [-0.2, -0.15) is 0 Å². The van der Waals surface area contributed by atoms with Gasteiger partial charge >= 0.3 is 0 Å². The number of carbonyl (C=O) groups excluding carboxylic acids is 1. The second-order valence-corrected chi connectivity index (χ2v) is 4.17. The van der Waals surface area contributed by atoms with Crippen molar-refractivity contribution in [2.75, 3.05) is 19.6 Å². The van der Waals surface area contributed by atoms with Crippen LogP contribution in [0.2, 0.25) is 0 Å². The molecule has 4 N–H and O–H groups in total. The molecule has 0 radical (unpaired) electrons. The molecule has 1 rings (SSSR count). The lowest BCUT2D eigenvalue weighted by atomic mass is 10.2. The van der Waals surface area contributed by atoms with Crippen molar-refractivity contribution in [3.8, 4) is 0 Å². The third-order valence-corrected chi connectivity index (χ3v) is 2.49. The molecule has 0 aliphatic rings. The molecule has 0 saturated heterocycles. The van der Waals surface area contributed by atoms with E-state index >= 15 is 0 Å². The van der Waals surface area contributed by atoms with Gasteiger partial charge in [0.2, 0.25) is 0 Å². The molecule has 0 heterocycles. The van der Waals surface area contributed by atoms with Crippen LogP contribution in [0.5, 0.6) is 0 Å². The van der Waals surface area contributed by atoms with Crippen LogP contribution in [-0.4, -0.2) is 31.5 Å². The first-order valence-electron chi connectivity index (χ1n) is 6.61. The van der Waals surface area contributed by atoms with E-state index in [0.717, 1.165) is 19.4 Å². The van der Waals surface area contributed by atoms with Crippen LogP contribution >= 0.6 is 0 Å². The minimum absolute atomic E-state index is 0.0479. The third-order valence-electron chi connectivity index (χ3n) is 2.49. The number of aliphatic imine (C=N–C) groups is 1. The molecule has 0 aliphatic carbocycles. The van der Waals surface area contributed by atoms with Crippen molar-refractivity contribution in [1.29, 1.82) is 0 Å². The number of hydrogen-bond donors (Lipinski definition) is 3. The van der Waals surface area contributed by atoms with Crippen LogP contribution in [0.4, 0.5) is 0 Å². The normalized spacial score (nSPS) is 11.1. The first-order valence-corrected chi connectivity index (χ1v) is 6.61. The van der Waals surface area contributed by atoms with Crippen LogP contribution in [0.15, 0.2) is 35.3 Å². The smallest absolute Gasteiger partial charge is 0.251 e. The highest BCUT2D eigenvalue weighted by Crippen LogP contribution is 1.97. The summed E-state index contributed by atoms with van der Waals surface area (Å²) < 4.78 is 0. The predicted octanol–water partition coefficient (Wildman–Crippen LogP) is 1.12.